The van der Waals surface area contributed by atoms with Crippen molar-refractivity contribution in [1.29, 1.82) is 0 Å². The Morgan fingerprint density at radius 3 is 2.42 bits per heavy atom. The van der Waals surface area contributed by atoms with Crippen molar-refractivity contribution in [3.8, 4) is 5.75 Å². The summed E-state index contributed by atoms with van der Waals surface area (Å²) in [6.45, 7) is 5.21. The number of carboxylic acid groups (broad SMARTS) is 1. The third-order valence-corrected chi connectivity index (χ3v) is 9.17. The Hall–Kier alpha value is -4.34. The van der Waals surface area contributed by atoms with Gasteiger partial charge in [-0.25, -0.2) is 4.79 Å². The van der Waals surface area contributed by atoms with Crippen molar-refractivity contribution in [3.05, 3.63) is 70.3 Å². The van der Waals surface area contributed by atoms with Crippen molar-refractivity contribution in [1.82, 2.24) is 16.0 Å². The van der Waals surface area contributed by atoms with Crippen LogP contribution >= 0.6 is 0 Å². The van der Waals surface area contributed by atoms with Gasteiger partial charge in [-0.1, -0.05) is 36.4 Å². The summed E-state index contributed by atoms with van der Waals surface area (Å²) < 4.78 is 11.4. The second-order valence-electron chi connectivity index (χ2n) is 13.0. The minimum atomic E-state index is -2.06. The third-order valence-electron chi connectivity index (χ3n) is 9.17. The molecule has 0 bridgehead atoms. The van der Waals surface area contributed by atoms with E-state index in [0.717, 1.165) is 18.4 Å². The molecule has 8 N–H and O–H groups in total. The summed E-state index contributed by atoms with van der Waals surface area (Å²) in [6.07, 6.45) is -2.56. The highest BCUT2D eigenvalue weighted by Crippen LogP contribution is 2.35. The maximum absolute atomic E-state index is 12.8. The van der Waals surface area contributed by atoms with Crippen LogP contribution in [0.5, 0.6) is 5.75 Å². The number of carbonyl (C=O) groups excluding carboxylic acids is 3. The molecule has 2 aliphatic rings. The number of carbonyl (C=O) groups is 4. The molecule has 0 aromatic heterocycles. The van der Waals surface area contributed by atoms with Gasteiger partial charge in [-0.2, -0.15) is 0 Å². The number of carboxylic acids is 1. The maximum Gasteiger partial charge on any atom is 0.336 e. The van der Waals surface area contributed by atoms with Crippen molar-refractivity contribution in [2.24, 2.45) is 5.92 Å². The number of rotatable bonds is 13. The summed E-state index contributed by atoms with van der Waals surface area (Å²) in [4.78, 5) is 50.2. The van der Waals surface area contributed by atoms with Gasteiger partial charge in [0.1, 0.15) is 18.0 Å². The molecule has 2 aliphatic heterocycles. The van der Waals surface area contributed by atoms with Crippen LogP contribution in [0.2, 0.25) is 0 Å². The van der Waals surface area contributed by atoms with Crippen LogP contribution in [0.1, 0.15) is 65.2 Å². The molecule has 0 aliphatic carbocycles. The Labute approximate surface area is 290 Å². The van der Waals surface area contributed by atoms with Crippen molar-refractivity contribution < 1.29 is 54.2 Å². The molecule has 0 spiro atoms. The summed E-state index contributed by atoms with van der Waals surface area (Å²) in [5.74, 6) is -2.90. The molecule has 2 heterocycles. The predicted molar refractivity (Wildman–Crippen MR) is 181 cm³/mol. The molecule has 3 amide bonds. The zero-order valence-corrected chi connectivity index (χ0v) is 28.4. The van der Waals surface area contributed by atoms with Crippen LogP contribution in [0.15, 0.2) is 42.5 Å². The molecule has 272 valence electrons. The van der Waals surface area contributed by atoms with E-state index in [1.54, 1.807) is 38.1 Å². The number of aliphatic hydroxyl groups excluding tert-OH is 3. The molecule has 14 heteroatoms. The topological polar surface area (TPSA) is 224 Å². The number of aliphatic hydroxyl groups is 3. The fourth-order valence-corrected chi connectivity index (χ4v) is 6.35. The van der Waals surface area contributed by atoms with Gasteiger partial charge < -0.3 is 51.0 Å². The smallest absolute Gasteiger partial charge is 0.336 e. The largest absolute Gasteiger partial charge is 0.507 e. The first kappa shape index (κ1) is 38.5. The van der Waals surface area contributed by atoms with Crippen LogP contribution in [-0.2, 0) is 30.4 Å². The lowest BCUT2D eigenvalue weighted by atomic mass is 9.81. The highest BCUT2D eigenvalue weighted by atomic mass is 16.6. The second-order valence-corrected chi connectivity index (χ2v) is 13.0. The minimum Gasteiger partial charge on any atom is -0.507 e. The number of ether oxygens (including phenoxy) is 2. The molecular formula is C36H47N3O11. The van der Waals surface area contributed by atoms with E-state index in [0.29, 0.717) is 29.9 Å². The zero-order chi connectivity index (χ0) is 36.6. The Morgan fingerprint density at radius 1 is 1.08 bits per heavy atom. The summed E-state index contributed by atoms with van der Waals surface area (Å²) in [6, 6.07) is 8.88. The van der Waals surface area contributed by atoms with E-state index in [1.165, 1.54) is 19.1 Å². The molecule has 2 saturated heterocycles. The molecule has 50 heavy (non-hydrogen) atoms. The number of phenolic OH excluding ortho intramolecular Hbond substituents is 1. The molecule has 2 aromatic carbocycles. The maximum atomic E-state index is 12.8. The van der Waals surface area contributed by atoms with E-state index >= 15 is 0 Å². The SMILES string of the molecule is CC(=O)N[C@H]1[C@H]([C@H](O)[C@H](O)CNC(=O)c2cc(C)c(O)c(C)c2)O[C@@](C/C=C/c2ccccc2CNC(=O)C2CCCOC2)(C(=O)O)C[C@@H]1O. The van der Waals surface area contributed by atoms with Crippen molar-refractivity contribution in [2.45, 2.75) is 89.1 Å². The Kier molecular flexibility index (Phi) is 13.1. The molecule has 2 fully saturated rings. The first-order chi connectivity index (χ1) is 23.7. The van der Waals surface area contributed by atoms with Crippen molar-refractivity contribution >= 4 is 29.8 Å². The summed E-state index contributed by atoms with van der Waals surface area (Å²) in [5.41, 5.74) is 0.576. The van der Waals surface area contributed by atoms with Gasteiger partial charge >= 0.3 is 5.97 Å². The first-order valence-electron chi connectivity index (χ1n) is 16.6. The normalized spacial score (nSPS) is 25.0. The standard InChI is InChI=1S/C36H47N3O11/c1-20-14-26(15-21(2)30(20)43)34(46)38-18-28(42)31(44)32-29(39-22(3)40)27(41)16-36(50-32,35(47)48)12-6-10-23-8-4-5-9-24(23)17-37-33(45)25-11-7-13-49-19-25/h4-6,8-10,14-15,25,27-29,31-32,41-44H,7,11-13,16-19H2,1-3H3,(H,37,45)(H,38,46)(H,39,40)(H,47,48)/b10-6+/t25?,27-,28+,29+,31+,32+,36+/m0/s1. The van der Waals surface area contributed by atoms with Gasteiger partial charge in [-0.15, -0.1) is 0 Å². The molecule has 4 rings (SSSR count). The van der Waals surface area contributed by atoms with Gasteiger partial charge in [0.05, 0.1) is 30.8 Å². The van der Waals surface area contributed by atoms with Gasteiger partial charge in [0.15, 0.2) is 5.60 Å². The van der Waals surface area contributed by atoms with Crippen LogP contribution in [-0.4, -0.2) is 105 Å². The average molecular weight is 698 g/mol. The predicted octanol–water partition coefficient (Wildman–Crippen LogP) is 1.08. The molecular weight excluding hydrogens is 650 g/mol. The highest BCUT2D eigenvalue weighted by Gasteiger charge is 2.54. The third kappa shape index (κ3) is 9.46. The fourth-order valence-electron chi connectivity index (χ4n) is 6.35. The first-order valence-corrected chi connectivity index (χ1v) is 16.6. The van der Waals surface area contributed by atoms with Crippen molar-refractivity contribution in [2.75, 3.05) is 19.8 Å². The lowest BCUT2D eigenvalue weighted by Crippen LogP contribution is -2.67. The van der Waals surface area contributed by atoms with E-state index in [1.807, 2.05) is 12.1 Å². The number of aliphatic carboxylic acids is 1. The Bertz CT molecular complexity index is 1550. The highest BCUT2D eigenvalue weighted by molar-refractivity contribution is 5.95. The van der Waals surface area contributed by atoms with Crippen LogP contribution < -0.4 is 16.0 Å². The van der Waals surface area contributed by atoms with Crippen LogP contribution in [0.4, 0.5) is 0 Å². The van der Waals surface area contributed by atoms with E-state index < -0.39 is 66.8 Å². The lowest BCUT2D eigenvalue weighted by molar-refractivity contribution is -0.226. The number of nitrogens with one attached hydrogen (secondary N) is 3. The summed E-state index contributed by atoms with van der Waals surface area (Å²) in [7, 11) is 0. The van der Waals surface area contributed by atoms with Gasteiger partial charge in [-0.3, -0.25) is 14.4 Å². The van der Waals surface area contributed by atoms with Gasteiger partial charge in [0.25, 0.3) is 5.91 Å². The fraction of sp³-hybridized carbons (Fsp3) is 0.500. The molecule has 7 atom stereocenters. The molecule has 1 unspecified atom stereocenters. The summed E-state index contributed by atoms with van der Waals surface area (Å²) in [5, 5.41) is 61.6. The van der Waals surface area contributed by atoms with E-state index in [9.17, 15) is 44.7 Å². The van der Waals surface area contributed by atoms with Crippen LogP contribution in [0.25, 0.3) is 6.08 Å². The van der Waals surface area contributed by atoms with E-state index in [4.69, 9.17) is 9.47 Å². The van der Waals surface area contributed by atoms with Gasteiger partial charge in [0, 0.05) is 45.0 Å². The number of benzene rings is 2. The molecule has 14 nitrogen and oxygen atoms in total. The zero-order valence-electron chi connectivity index (χ0n) is 28.4. The quantitative estimate of drug-likeness (QED) is 0.148. The number of aryl methyl sites for hydroxylation is 2. The monoisotopic (exact) mass is 697 g/mol. The molecule has 0 radical (unpaired) electrons. The number of hydrogen-bond donors (Lipinski definition) is 8. The Balaban J connectivity index is 1.48. The number of phenols is 1. The van der Waals surface area contributed by atoms with Gasteiger partial charge in [0.2, 0.25) is 11.8 Å². The number of aromatic hydroxyl groups is 1. The second kappa shape index (κ2) is 17.1. The number of amides is 3. The lowest BCUT2D eigenvalue weighted by Gasteiger charge is -2.47. The molecule has 2 aromatic rings. The van der Waals surface area contributed by atoms with E-state index in [2.05, 4.69) is 16.0 Å². The van der Waals surface area contributed by atoms with E-state index in [-0.39, 0.29) is 36.1 Å². The minimum absolute atomic E-state index is 0.0456. The molecule has 0 saturated carbocycles. The average Bonchev–Trinajstić information content (AvgIpc) is 3.09. The van der Waals surface area contributed by atoms with Crippen LogP contribution in [0, 0.1) is 19.8 Å². The summed E-state index contributed by atoms with van der Waals surface area (Å²) >= 11 is 0. The number of hydrogen-bond acceptors (Lipinski definition) is 10. The van der Waals surface area contributed by atoms with Crippen LogP contribution in [0.3, 0.4) is 0 Å². The van der Waals surface area contributed by atoms with Gasteiger partial charge in [-0.05, 0) is 61.1 Å². The van der Waals surface area contributed by atoms with Crippen molar-refractivity contribution in [3.63, 3.8) is 0 Å². The Morgan fingerprint density at radius 2 is 1.78 bits per heavy atom.